The van der Waals surface area contributed by atoms with Crippen molar-refractivity contribution in [1.82, 2.24) is 15.5 Å². The van der Waals surface area contributed by atoms with E-state index in [9.17, 15) is 19.2 Å². The Bertz CT molecular complexity index is 914. The topological polar surface area (TPSA) is 131 Å². The van der Waals surface area contributed by atoms with Crippen molar-refractivity contribution in [3.8, 4) is 0 Å². The Balaban J connectivity index is 2.38. The van der Waals surface area contributed by atoms with Crippen LogP contribution < -0.4 is 16.4 Å². The van der Waals surface area contributed by atoms with Crippen LogP contribution in [-0.2, 0) is 19.1 Å². The minimum absolute atomic E-state index is 0.0490. The molecule has 0 spiro atoms. The third-order valence-corrected chi connectivity index (χ3v) is 6.14. The molecule has 1 aliphatic rings. The van der Waals surface area contributed by atoms with Crippen LogP contribution in [0.3, 0.4) is 0 Å². The van der Waals surface area contributed by atoms with E-state index in [-0.39, 0.29) is 11.9 Å². The molecule has 0 heterocycles. The number of amides is 4. The quantitative estimate of drug-likeness (QED) is 0.518. The normalized spacial score (nSPS) is 16.1. The fraction of sp³-hybridized carbons (Fsp3) is 0.615. The molecule has 1 fully saturated rings. The smallest absolute Gasteiger partial charge is 0.408 e. The van der Waals surface area contributed by atoms with Gasteiger partial charge < -0.3 is 26.0 Å². The third-order valence-electron chi connectivity index (χ3n) is 6.14. The Morgan fingerprint density at radius 3 is 2.17 bits per heavy atom. The van der Waals surface area contributed by atoms with Crippen molar-refractivity contribution >= 4 is 23.8 Å². The summed E-state index contributed by atoms with van der Waals surface area (Å²) >= 11 is 0. The van der Waals surface area contributed by atoms with E-state index in [1.165, 1.54) is 11.9 Å². The van der Waals surface area contributed by atoms with Crippen molar-refractivity contribution < 1.29 is 23.9 Å². The number of aryl methyl sites for hydroxylation is 2. The van der Waals surface area contributed by atoms with E-state index in [0.29, 0.717) is 5.56 Å². The van der Waals surface area contributed by atoms with E-state index in [4.69, 9.17) is 10.5 Å². The molecule has 1 aliphatic carbocycles. The van der Waals surface area contributed by atoms with Gasteiger partial charge in [-0.1, -0.05) is 37.5 Å². The number of rotatable bonds is 8. The van der Waals surface area contributed by atoms with Crippen LogP contribution in [0, 0.1) is 13.8 Å². The Morgan fingerprint density at radius 1 is 1.09 bits per heavy atom. The maximum Gasteiger partial charge on any atom is 0.408 e. The molecule has 194 valence electrons. The SMILES string of the molecule is Cc1cccc(C)c1C(C(=O)NC1CCCCC1)N(C)C(=O)C(CC(N)=O)NC(=O)OC(C)(C)C. The van der Waals surface area contributed by atoms with Gasteiger partial charge in [-0.05, 0) is 64.2 Å². The maximum atomic E-state index is 13.6. The second kappa shape index (κ2) is 12.0. The van der Waals surface area contributed by atoms with Crippen molar-refractivity contribution in [2.75, 3.05) is 7.05 Å². The Morgan fingerprint density at radius 2 is 1.66 bits per heavy atom. The Hall–Kier alpha value is -3.10. The van der Waals surface area contributed by atoms with Crippen molar-refractivity contribution in [3.05, 3.63) is 34.9 Å². The molecule has 35 heavy (non-hydrogen) atoms. The lowest BCUT2D eigenvalue weighted by molar-refractivity contribution is -0.142. The van der Waals surface area contributed by atoms with Gasteiger partial charge in [-0.15, -0.1) is 0 Å². The fourth-order valence-corrected chi connectivity index (χ4v) is 4.51. The first-order valence-electron chi connectivity index (χ1n) is 12.2. The number of nitrogens with two attached hydrogens (primary N) is 1. The third kappa shape index (κ3) is 8.26. The molecule has 1 aromatic carbocycles. The number of hydrogen-bond donors (Lipinski definition) is 3. The van der Waals surface area contributed by atoms with Crippen LogP contribution in [0.15, 0.2) is 18.2 Å². The molecule has 1 aromatic rings. The number of nitrogens with one attached hydrogen (secondary N) is 2. The van der Waals surface area contributed by atoms with Crippen LogP contribution in [0.5, 0.6) is 0 Å². The average molecular weight is 489 g/mol. The van der Waals surface area contributed by atoms with E-state index in [2.05, 4.69) is 10.6 Å². The lowest BCUT2D eigenvalue weighted by Gasteiger charge is -2.34. The number of benzene rings is 1. The van der Waals surface area contributed by atoms with Gasteiger partial charge in [0.25, 0.3) is 0 Å². The molecule has 4 N–H and O–H groups in total. The molecule has 2 unspecified atom stereocenters. The van der Waals surface area contributed by atoms with Gasteiger partial charge in [-0.25, -0.2) is 4.79 Å². The second-order valence-electron chi connectivity index (χ2n) is 10.4. The standard InChI is InChI=1S/C26H40N4O5/c1-16-11-10-12-17(2)21(16)22(23(32)28-18-13-8-7-9-14-18)30(6)24(33)19(15-20(27)31)29-25(34)35-26(3,4)5/h10-12,18-19,22H,7-9,13-15H2,1-6H3,(H2,27,31)(H,28,32)(H,29,34). The fourth-order valence-electron chi connectivity index (χ4n) is 4.51. The summed E-state index contributed by atoms with van der Waals surface area (Å²) in [6.45, 7) is 8.85. The average Bonchev–Trinajstić information content (AvgIpc) is 2.74. The van der Waals surface area contributed by atoms with Gasteiger partial charge in [0.15, 0.2) is 0 Å². The Kier molecular flexibility index (Phi) is 9.68. The zero-order chi connectivity index (χ0) is 26.3. The van der Waals surface area contributed by atoms with Crippen LogP contribution in [-0.4, -0.2) is 53.4 Å². The first-order chi connectivity index (χ1) is 16.3. The lowest BCUT2D eigenvalue weighted by atomic mass is 9.92. The highest BCUT2D eigenvalue weighted by atomic mass is 16.6. The highest BCUT2D eigenvalue weighted by Gasteiger charge is 2.36. The van der Waals surface area contributed by atoms with E-state index >= 15 is 0 Å². The summed E-state index contributed by atoms with van der Waals surface area (Å²) in [7, 11) is 1.50. The maximum absolute atomic E-state index is 13.6. The van der Waals surface area contributed by atoms with Crippen LogP contribution >= 0.6 is 0 Å². The van der Waals surface area contributed by atoms with Gasteiger partial charge in [-0.3, -0.25) is 14.4 Å². The zero-order valence-electron chi connectivity index (χ0n) is 21.8. The van der Waals surface area contributed by atoms with E-state index in [1.807, 2.05) is 32.0 Å². The zero-order valence-corrected chi connectivity index (χ0v) is 21.8. The van der Waals surface area contributed by atoms with Crippen LogP contribution in [0.4, 0.5) is 4.79 Å². The molecule has 4 amide bonds. The van der Waals surface area contributed by atoms with Crippen LogP contribution in [0.2, 0.25) is 0 Å². The molecular formula is C26H40N4O5. The van der Waals surface area contributed by atoms with E-state index in [1.54, 1.807) is 20.8 Å². The molecule has 2 rings (SSSR count). The van der Waals surface area contributed by atoms with E-state index < -0.39 is 42.0 Å². The first kappa shape index (κ1) is 28.1. The monoisotopic (exact) mass is 488 g/mol. The summed E-state index contributed by atoms with van der Waals surface area (Å²) < 4.78 is 5.26. The lowest BCUT2D eigenvalue weighted by Crippen LogP contribution is -2.53. The summed E-state index contributed by atoms with van der Waals surface area (Å²) in [5.41, 5.74) is 7.01. The number of ether oxygens (including phenoxy) is 1. The molecule has 0 aliphatic heterocycles. The number of carbonyl (C=O) groups is 4. The number of likely N-dealkylation sites (N-methyl/N-ethyl adjacent to an activating group) is 1. The number of carbonyl (C=O) groups excluding carboxylic acids is 4. The number of primary amides is 1. The molecule has 0 bridgehead atoms. The van der Waals surface area contributed by atoms with Gasteiger partial charge in [0.2, 0.25) is 17.7 Å². The molecular weight excluding hydrogens is 448 g/mol. The van der Waals surface area contributed by atoms with Gasteiger partial charge in [0.1, 0.15) is 17.7 Å². The highest BCUT2D eigenvalue weighted by Crippen LogP contribution is 2.29. The first-order valence-corrected chi connectivity index (χ1v) is 12.2. The van der Waals surface area contributed by atoms with Gasteiger partial charge in [0, 0.05) is 13.1 Å². The minimum atomic E-state index is -1.28. The minimum Gasteiger partial charge on any atom is -0.444 e. The van der Waals surface area contributed by atoms with E-state index in [0.717, 1.165) is 43.2 Å². The molecule has 0 radical (unpaired) electrons. The summed E-state index contributed by atoms with van der Waals surface area (Å²) in [5, 5.41) is 5.58. The summed E-state index contributed by atoms with van der Waals surface area (Å²) in [6, 6.07) is 3.50. The summed E-state index contributed by atoms with van der Waals surface area (Å²) in [6.07, 6.45) is 3.77. The highest BCUT2D eigenvalue weighted by molar-refractivity contribution is 5.94. The molecule has 0 aromatic heterocycles. The molecule has 2 atom stereocenters. The number of nitrogens with zero attached hydrogens (tertiary/aromatic N) is 1. The van der Waals surface area contributed by atoms with Crippen LogP contribution in [0.25, 0.3) is 0 Å². The van der Waals surface area contributed by atoms with Gasteiger partial charge >= 0.3 is 6.09 Å². The van der Waals surface area contributed by atoms with Gasteiger partial charge in [-0.2, -0.15) is 0 Å². The molecule has 0 saturated heterocycles. The van der Waals surface area contributed by atoms with Crippen molar-refractivity contribution in [2.24, 2.45) is 5.73 Å². The van der Waals surface area contributed by atoms with Crippen molar-refractivity contribution in [2.45, 2.75) is 96.9 Å². The second-order valence-corrected chi connectivity index (χ2v) is 10.4. The van der Waals surface area contributed by atoms with Crippen LogP contribution in [0.1, 0.15) is 82.0 Å². The summed E-state index contributed by atoms with van der Waals surface area (Å²) in [4.78, 5) is 52.6. The number of alkyl carbamates (subject to hydrolysis) is 1. The largest absolute Gasteiger partial charge is 0.444 e. The van der Waals surface area contributed by atoms with Crippen molar-refractivity contribution in [3.63, 3.8) is 0 Å². The molecule has 1 saturated carbocycles. The summed E-state index contributed by atoms with van der Waals surface area (Å²) in [5.74, 6) is -1.66. The predicted octanol–water partition coefficient (Wildman–Crippen LogP) is 3.02. The molecule has 9 heteroatoms. The molecule has 9 nitrogen and oxygen atoms in total. The van der Waals surface area contributed by atoms with Gasteiger partial charge in [0.05, 0.1) is 6.42 Å². The Labute approximate surface area is 208 Å². The van der Waals surface area contributed by atoms with Crippen molar-refractivity contribution in [1.29, 1.82) is 0 Å². The number of hydrogen-bond acceptors (Lipinski definition) is 5. The predicted molar refractivity (Wildman–Crippen MR) is 133 cm³/mol.